The zero-order valence-electron chi connectivity index (χ0n) is 6.55. The second kappa shape index (κ2) is 2.77. The lowest BCUT2D eigenvalue weighted by Gasteiger charge is -2.10. The molecule has 2 aliphatic carbocycles. The molecular weight excluding hydrogens is 120 g/mol. The van der Waals surface area contributed by atoms with Crippen molar-refractivity contribution in [3.8, 4) is 0 Å². The molecule has 2 rings (SSSR count). The van der Waals surface area contributed by atoms with Crippen molar-refractivity contribution in [2.45, 2.75) is 38.5 Å². The molecule has 0 aliphatic heterocycles. The van der Waals surface area contributed by atoms with E-state index in [4.69, 9.17) is 0 Å². The summed E-state index contributed by atoms with van der Waals surface area (Å²) in [7, 11) is 0. The molecule has 0 aromatic carbocycles. The van der Waals surface area contributed by atoms with Crippen LogP contribution in [-0.4, -0.2) is 0 Å². The Morgan fingerprint density at radius 2 is 2.10 bits per heavy atom. The van der Waals surface area contributed by atoms with Gasteiger partial charge in [-0.25, -0.2) is 0 Å². The van der Waals surface area contributed by atoms with E-state index in [1.165, 1.54) is 38.5 Å². The second-order valence-corrected chi connectivity index (χ2v) is 3.80. The van der Waals surface area contributed by atoms with Gasteiger partial charge in [0.25, 0.3) is 0 Å². The molecular formula is C10H16. The Labute approximate surface area is 63.3 Å². The van der Waals surface area contributed by atoms with Crippen molar-refractivity contribution in [2.24, 2.45) is 11.8 Å². The van der Waals surface area contributed by atoms with E-state index in [2.05, 4.69) is 12.2 Å². The van der Waals surface area contributed by atoms with Gasteiger partial charge in [0, 0.05) is 0 Å². The van der Waals surface area contributed by atoms with Crippen molar-refractivity contribution in [1.82, 2.24) is 0 Å². The summed E-state index contributed by atoms with van der Waals surface area (Å²) in [5.74, 6) is 2.06. The maximum absolute atomic E-state index is 2.46. The highest BCUT2D eigenvalue weighted by Crippen LogP contribution is 2.36. The van der Waals surface area contributed by atoms with E-state index >= 15 is 0 Å². The zero-order chi connectivity index (χ0) is 6.81. The van der Waals surface area contributed by atoms with E-state index in [0.717, 1.165) is 11.8 Å². The zero-order valence-corrected chi connectivity index (χ0v) is 6.55. The average Bonchev–Trinajstić information content (AvgIpc) is 2.30. The SMILES string of the molecule is C1=CC2CCC(CCC1)C2. The quantitative estimate of drug-likeness (QED) is 0.449. The van der Waals surface area contributed by atoms with Crippen molar-refractivity contribution >= 4 is 0 Å². The second-order valence-electron chi connectivity index (χ2n) is 3.80. The van der Waals surface area contributed by atoms with Gasteiger partial charge in [0.2, 0.25) is 0 Å². The third kappa shape index (κ3) is 1.25. The number of hydrogen-bond acceptors (Lipinski definition) is 0. The summed E-state index contributed by atoms with van der Waals surface area (Å²) >= 11 is 0. The molecule has 0 amide bonds. The largest absolute Gasteiger partial charge is 0.0883 e. The molecule has 1 fully saturated rings. The molecule has 0 spiro atoms. The Balaban J connectivity index is 2.04. The number of fused-ring (bicyclic) bond motifs is 2. The van der Waals surface area contributed by atoms with Crippen LogP contribution in [0.15, 0.2) is 12.2 Å². The topological polar surface area (TPSA) is 0 Å². The first-order valence-corrected chi connectivity index (χ1v) is 4.62. The first-order chi connectivity index (χ1) is 4.95. The summed E-state index contributed by atoms with van der Waals surface area (Å²) in [4.78, 5) is 0. The molecule has 0 heterocycles. The maximum atomic E-state index is 2.46. The normalized spacial score (nSPS) is 39.2. The standard InChI is InChI=1S/C10H16/c1-2-4-9-6-7-10(8-9)5-3-1/h2,4,9-10H,1,3,5-8H2. The van der Waals surface area contributed by atoms with Crippen molar-refractivity contribution < 1.29 is 0 Å². The fraction of sp³-hybridized carbons (Fsp3) is 0.800. The van der Waals surface area contributed by atoms with E-state index in [-0.39, 0.29) is 0 Å². The monoisotopic (exact) mass is 136 g/mol. The van der Waals surface area contributed by atoms with Crippen LogP contribution in [0.5, 0.6) is 0 Å². The minimum Gasteiger partial charge on any atom is -0.0883 e. The highest BCUT2D eigenvalue weighted by atomic mass is 14.3. The summed E-state index contributed by atoms with van der Waals surface area (Å²) in [6.07, 6.45) is 13.6. The molecule has 0 N–H and O–H groups in total. The first-order valence-electron chi connectivity index (χ1n) is 4.62. The minimum absolute atomic E-state index is 0.963. The Hall–Kier alpha value is -0.260. The molecule has 10 heavy (non-hydrogen) atoms. The van der Waals surface area contributed by atoms with E-state index in [0.29, 0.717) is 0 Å². The Bertz CT molecular complexity index is 135. The molecule has 0 aromatic rings. The number of hydrogen-bond donors (Lipinski definition) is 0. The molecule has 56 valence electrons. The van der Waals surface area contributed by atoms with Crippen molar-refractivity contribution in [3.05, 3.63) is 12.2 Å². The molecule has 2 unspecified atom stereocenters. The van der Waals surface area contributed by atoms with Crippen LogP contribution >= 0.6 is 0 Å². The van der Waals surface area contributed by atoms with Gasteiger partial charge in [-0.1, -0.05) is 18.6 Å². The van der Waals surface area contributed by atoms with Gasteiger partial charge in [-0.05, 0) is 43.9 Å². The highest BCUT2D eigenvalue weighted by Gasteiger charge is 2.22. The smallest absolute Gasteiger partial charge is 0.0231 e. The molecule has 2 atom stereocenters. The molecule has 0 aromatic heterocycles. The van der Waals surface area contributed by atoms with E-state index in [1.54, 1.807) is 0 Å². The van der Waals surface area contributed by atoms with Crippen LogP contribution in [0, 0.1) is 11.8 Å². The first kappa shape index (κ1) is 6.45. The summed E-state index contributed by atoms with van der Waals surface area (Å²) < 4.78 is 0. The van der Waals surface area contributed by atoms with Crippen molar-refractivity contribution in [2.75, 3.05) is 0 Å². The summed E-state index contributed by atoms with van der Waals surface area (Å²) in [6, 6.07) is 0. The van der Waals surface area contributed by atoms with Gasteiger partial charge in [0.05, 0.1) is 0 Å². The lowest BCUT2D eigenvalue weighted by Crippen LogP contribution is -1.96. The fourth-order valence-corrected chi connectivity index (χ4v) is 2.36. The predicted octanol–water partition coefficient (Wildman–Crippen LogP) is 3.14. The molecule has 2 bridgehead atoms. The predicted molar refractivity (Wildman–Crippen MR) is 43.8 cm³/mol. The molecule has 0 radical (unpaired) electrons. The van der Waals surface area contributed by atoms with Gasteiger partial charge < -0.3 is 0 Å². The molecule has 0 heteroatoms. The van der Waals surface area contributed by atoms with E-state index < -0.39 is 0 Å². The number of rotatable bonds is 0. The summed E-state index contributed by atoms with van der Waals surface area (Å²) in [5, 5.41) is 0. The van der Waals surface area contributed by atoms with E-state index in [9.17, 15) is 0 Å². The van der Waals surface area contributed by atoms with Crippen LogP contribution in [0.1, 0.15) is 38.5 Å². The third-order valence-corrected chi connectivity index (χ3v) is 2.97. The van der Waals surface area contributed by atoms with Crippen molar-refractivity contribution in [1.29, 1.82) is 0 Å². The minimum atomic E-state index is 0.963. The highest BCUT2D eigenvalue weighted by molar-refractivity contribution is 4.95. The van der Waals surface area contributed by atoms with E-state index in [1.807, 2.05) is 0 Å². The Kier molecular flexibility index (Phi) is 1.79. The Morgan fingerprint density at radius 3 is 3.10 bits per heavy atom. The van der Waals surface area contributed by atoms with Gasteiger partial charge in [-0.2, -0.15) is 0 Å². The van der Waals surface area contributed by atoms with Crippen LogP contribution in [-0.2, 0) is 0 Å². The number of allylic oxidation sites excluding steroid dienone is 2. The van der Waals surface area contributed by atoms with Gasteiger partial charge in [-0.15, -0.1) is 0 Å². The molecule has 2 aliphatic rings. The summed E-state index contributed by atoms with van der Waals surface area (Å²) in [6.45, 7) is 0. The fourth-order valence-electron chi connectivity index (χ4n) is 2.36. The summed E-state index contributed by atoms with van der Waals surface area (Å²) in [5.41, 5.74) is 0. The van der Waals surface area contributed by atoms with Gasteiger partial charge in [-0.3, -0.25) is 0 Å². The third-order valence-electron chi connectivity index (χ3n) is 2.97. The van der Waals surface area contributed by atoms with Crippen LogP contribution in [0.3, 0.4) is 0 Å². The molecule has 0 saturated heterocycles. The average molecular weight is 136 g/mol. The molecule has 0 nitrogen and oxygen atoms in total. The maximum Gasteiger partial charge on any atom is -0.0231 e. The van der Waals surface area contributed by atoms with Crippen LogP contribution in [0.4, 0.5) is 0 Å². The van der Waals surface area contributed by atoms with Crippen LogP contribution < -0.4 is 0 Å². The van der Waals surface area contributed by atoms with Gasteiger partial charge >= 0.3 is 0 Å². The Morgan fingerprint density at radius 1 is 1.10 bits per heavy atom. The lowest BCUT2D eigenvalue weighted by atomic mass is 9.96. The van der Waals surface area contributed by atoms with Crippen LogP contribution in [0.25, 0.3) is 0 Å². The van der Waals surface area contributed by atoms with Gasteiger partial charge in [0.15, 0.2) is 0 Å². The van der Waals surface area contributed by atoms with Crippen molar-refractivity contribution in [3.63, 3.8) is 0 Å². The lowest BCUT2D eigenvalue weighted by molar-refractivity contribution is 0.468. The molecule has 1 saturated carbocycles. The van der Waals surface area contributed by atoms with Gasteiger partial charge in [0.1, 0.15) is 0 Å². The van der Waals surface area contributed by atoms with Crippen LogP contribution in [0.2, 0.25) is 0 Å².